The molecule has 4 nitrogen and oxygen atoms in total. The zero-order valence-electron chi connectivity index (χ0n) is 17.7. The third-order valence-corrected chi connectivity index (χ3v) is 6.80. The molecule has 0 aliphatic rings. The number of rotatable bonds is 3. The Morgan fingerprint density at radius 1 is 0.618 bits per heavy atom. The molecule has 6 heteroatoms. The molecule has 4 aromatic carbocycles. The molecule has 2 heterocycles. The molecule has 6 aromatic rings. The van der Waals surface area contributed by atoms with Crippen LogP contribution < -0.4 is 0 Å². The SMILES string of the molecule is N#Cc1cc(-c2nc(-c3ccccc3)nc(-c3ccc4sc5ccccc5c4c3)n2)ccc1F. The number of hydrogen-bond acceptors (Lipinski definition) is 5. The fourth-order valence-electron chi connectivity index (χ4n) is 3.97. The van der Waals surface area contributed by atoms with Gasteiger partial charge in [-0.25, -0.2) is 19.3 Å². The predicted molar refractivity (Wildman–Crippen MR) is 134 cm³/mol. The van der Waals surface area contributed by atoms with Gasteiger partial charge in [0.05, 0.1) is 5.56 Å². The second-order valence-electron chi connectivity index (χ2n) is 7.79. The first-order valence-electron chi connectivity index (χ1n) is 10.6. The average molecular weight is 459 g/mol. The lowest BCUT2D eigenvalue weighted by Crippen LogP contribution is -2.00. The minimum atomic E-state index is -0.571. The highest BCUT2D eigenvalue weighted by Crippen LogP contribution is 2.36. The largest absolute Gasteiger partial charge is 0.208 e. The van der Waals surface area contributed by atoms with Crippen LogP contribution in [-0.2, 0) is 0 Å². The molecule has 0 N–H and O–H groups in total. The normalized spacial score (nSPS) is 11.1. The summed E-state index contributed by atoms with van der Waals surface area (Å²) in [5, 5.41) is 11.6. The highest BCUT2D eigenvalue weighted by Gasteiger charge is 2.15. The van der Waals surface area contributed by atoms with Gasteiger partial charge in [-0.15, -0.1) is 11.3 Å². The van der Waals surface area contributed by atoms with E-state index in [1.54, 1.807) is 17.4 Å². The van der Waals surface area contributed by atoms with Gasteiger partial charge in [0.25, 0.3) is 0 Å². The van der Waals surface area contributed by atoms with Crippen molar-refractivity contribution in [3.05, 3.63) is 102 Å². The van der Waals surface area contributed by atoms with Crippen LogP contribution in [0.3, 0.4) is 0 Å². The van der Waals surface area contributed by atoms with Crippen LogP contribution in [0.25, 0.3) is 54.3 Å². The molecule has 0 unspecified atom stereocenters. The lowest BCUT2D eigenvalue weighted by atomic mass is 10.1. The van der Waals surface area contributed by atoms with Crippen molar-refractivity contribution in [3.63, 3.8) is 0 Å². The monoisotopic (exact) mass is 458 g/mol. The fourth-order valence-corrected chi connectivity index (χ4v) is 5.05. The van der Waals surface area contributed by atoms with E-state index < -0.39 is 5.82 Å². The standard InChI is InChI=1S/C28H15FN4S/c29-23-12-10-18(14-20(23)16-30)27-31-26(17-6-2-1-3-7-17)32-28(33-27)19-11-13-25-22(15-19)21-8-4-5-9-24(21)34-25/h1-15H. The van der Waals surface area contributed by atoms with E-state index >= 15 is 0 Å². The van der Waals surface area contributed by atoms with Gasteiger partial charge in [0.15, 0.2) is 17.5 Å². The quantitative estimate of drug-likeness (QED) is 0.280. The smallest absolute Gasteiger partial charge is 0.164 e. The summed E-state index contributed by atoms with van der Waals surface area (Å²) < 4.78 is 16.4. The zero-order valence-corrected chi connectivity index (χ0v) is 18.6. The average Bonchev–Trinajstić information content (AvgIpc) is 3.27. The Bertz CT molecular complexity index is 1740. The molecule has 0 bridgehead atoms. The van der Waals surface area contributed by atoms with Gasteiger partial charge in [-0.05, 0) is 42.5 Å². The van der Waals surface area contributed by atoms with Crippen molar-refractivity contribution in [1.29, 1.82) is 5.26 Å². The highest BCUT2D eigenvalue weighted by atomic mass is 32.1. The Morgan fingerprint density at radius 2 is 1.24 bits per heavy atom. The van der Waals surface area contributed by atoms with Crippen LogP contribution in [0.1, 0.15) is 5.56 Å². The van der Waals surface area contributed by atoms with E-state index in [-0.39, 0.29) is 5.56 Å². The molecule has 0 saturated carbocycles. The maximum Gasteiger partial charge on any atom is 0.164 e. The van der Waals surface area contributed by atoms with E-state index in [4.69, 9.17) is 9.97 Å². The number of halogens is 1. The molecule has 0 fully saturated rings. The summed E-state index contributed by atoms with van der Waals surface area (Å²) in [6.45, 7) is 0. The van der Waals surface area contributed by atoms with Crippen molar-refractivity contribution in [2.24, 2.45) is 0 Å². The topological polar surface area (TPSA) is 62.5 Å². The molecular formula is C28H15FN4S. The van der Waals surface area contributed by atoms with Crippen molar-refractivity contribution >= 4 is 31.5 Å². The molecule has 34 heavy (non-hydrogen) atoms. The maximum absolute atomic E-state index is 13.9. The van der Waals surface area contributed by atoms with Gasteiger partial charge in [0, 0.05) is 36.9 Å². The lowest BCUT2D eigenvalue weighted by Gasteiger charge is -2.09. The molecular weight excluding hydrogens is 443 g/mol. The Kier molecular flexibility index (Phi) is 4.83. The van der Waals surface area contributed by atoms with E-state index in [9.17, 15) is 9.65 Å². The summed E-state index contributed by atoms with van der Waals surface area (Å²) in [6.07, 6.45) is 0. The Morgan fingerprint density at radius 3 is 2.00 bits per heavy atom. The first-order valence-corrected chi connectivity index (χ1v) is 11.4. The van der Waals surface area contributed by atoms with Gasteiger partial charge in [-0.3, -0.25) is 0 Å². The third-order valence-electron chi connectivity index (χ3n) is 5.65. The van der Waals surface area contributed by atoms with Crippen LogP contribution in [0, 0.1) is 17.1 Å². The van der Waals surface area contributed by atoms with Crippen LogP contribution in [0.2, 0.25) is 0 Å². The second kappa shape index (κ2) is 8.14. The van der Waals surface area contributed by atoms with E-state index in [1.165, 1.54) is 26.9 Å². The summed E-state index contributed by atoms with van der Waals surface area (Å²) in [5.41, 5.74) is 2.21. The van der Waals surface area contributed by atoms with Gasteiger partial charge in [0.2, 0.25) is 0 Å². The van der Waals surface area contributed by atoms with Crippen molar-refractivity contribution in [1.82, 2.24) is 15.0 Å². The van der Waals surface area contributed by atoms with Crippen molar-refractivity contribution < 1.29 is 4.39 Å². The summed E-state index contributed by atoms with van der Waals surface area (Å²) in [7, 11) is 0. The molecule has 0 atom stereocenters. The van der Waals surface area contributed by atoms with E-state index in [0.717, 1.165) is 16.5 Å². The summed E-state index contributed by atoms with van der Waals surface area (Å²) in [4.78, 5) is 14.2. The lowest BCUT2D eigenvalue weighted by molar-refractivity contribution is 0.624. The summed E-state index contributed by atoms with van der Waals surface area (Å²) in [6, 6.07) is 30.4. The van der Waals surface area contributed by atoms with Crippen molar-refractivity contribution in [2.45, 2.75) is 0 Å². The van der Waals surface area contributed by atoms with Crippen LogP contribution in [0.5, 0.6) is 0 Å². The molecule has 0 aliphatic heterocycles. The number of nitriles is 1. The molecule has 0 saturated heterocycles. The number of hydrogen-bond donors (Lipinski definition) is 0. The van der Waals surface area contributed by atoms with Gasteiger partial charge >= 0.3 is 0 Å². The van der Waals surface area contributed by atoms with Crippen LogP contribution in [-0.4, -0.2) is 15.0 Å². The Hall–Kier alpha value is -4.47. The molecule has 0 spiro atoms. The fraction of sp³-hybridized carbons (Fsp3) is 0. The van der Waals surface area contributed by atoms with Gasteiger partial charge in [0.1, 0.15) is 11.9 Å². The van der Waals surface area contributed by atoms with E-state index in [0.29, 0.717) is 23.0 Å². The number of aromatic nitrogens is 3. The van der Waals surface area contributed by atoms with Gasteiger partial charge < -0.3 is 0 Å². The third kappa shape index (κ3) is 3.49. The van der Waals surface area contributed by atoms with Crippen LogP contribution in [0.4, 0.5) is 4.39 Å². The second-order valence-corrected chi connectivity index (χ2v) is 8.87. The maximum atomic E-state index is 13.9. The highest BCUT2D eigenvalue weighted by molar-refractivity contribution is 7.25. The van der Waals surface area contributed by atoms with Crippen LogP contribution >= 0.6 is 11.3 Å². The number of thiophene rings is 1. The minimum absolute atomic E-state index is 0.0492. The zero-order chi connectivity index (χ0) is 23.1. The number of nitrogens with zero attached hydrogens (tertiary/aromatic N) is 4. The molecule has 2 aromatic heterocycles. The molecule has 0 aliphatic carbocycles. The summed E-state index contributed by atoms with van der Waals surface area (Å²) >= 11 is 1.75. The van der Waals surface area contributed by atoms with Gasteiger partial charge in [-0.1, -0.05) is 48.5 Å². The molecule has 0 radical (unpaired) electrons. The molecule has 0 amide bonds. The van der Waals surface area contributed by atoms with Crippen molar-refractivity contribution in [3.8, 4) is 40.2 Å². The van der Waals surface area contributed by atoms with E-state index in [1.807, 2.05) is 54.6 Å². The number of fused-ring (bicyclic) bond motifs is 3. The molecule has 6 rings (SSSR count). The predicted octanol–water partition coefficient (Wildman–Crippen LogP) is 7.25. The minimum Gasteiger partial charge on any atom is -0.208 e. The van der Waals surface area contributed by atoms with E-state index in [2.05, 4.69) is 29.2 Å². The first kappa shape index (κ1) is 20.2. The first-order chi connectivity index (χ1) is 16.7. The molecule has 160 valence electrons. The van der Waals surface area contributed by atoms with Gasteiger partial charge in [-0.2, -0.15) is 5.26 Å². The summed E-state index contributed by atoms with van der Waals surface area (Å²) in [5.74, 6) is 0.844. The Balaban J connectivity index is 1.58. The van der Waals surface area contributed by atoms with Crippen LogP contribution in [0.15, 0.2) is 91.0 Å². The Labute approximate surface area is 198 Å². The number of benzene rings is 4. The van der Waals surface area contributed by atoms with Crippen molar-refractivity contribution in [2.75, 3.05) is 0 Å².